The fourth-order valence-electron chi connectivity index (χ4n) is 5.65. The summed E-state index contributed by atoms with van der Waals surface area (Å²) >= 11 is 0. The predicted octanol–water partition coefficient (Wildman–Crippen LogP) is 2.65. The average Bonchev–Trinajstić information content (AvgIpc) is 3.33. The number of hydrazine groups is 1. The second kappa shape index (κ2) is 11.6. The van der Waals surface area contributed by atoms with Crippen LogP contribution < -0.4 is 16.2 Å². The topological polar surface area (TPSA) is 84.5 Å². The average molecular weight is 506 g/mol. The fourth-order valence-corrected chi connectivity index (χ4v) is 5.65. The van der Waals surface area contributed by atoms with Gasteiger partial charge in [-0.3, -0.25) is 14.7 Å². The third kappa shape index (κ3) is 5.50. The van der Waals surface area contributed by atoms with E-state index in [1.165, 1.54) is 5.56 Å². The number of likely N-dealkylation sites (N-methyl/N-ethyl adjacent to an activating group) is 2. The number of rotatable bonds is 8. The van der Waals surface area contributed by atoms with Crippen LogP contribution in [0.15, 0.2) is 53.5 Å². The lowest BCUT2D eigenvalue weighted by atomic mass is 9.97. The van der Waals surface area contributed by atoms with Gasteiger partial charge in [-0.1, -0.05) is 37.3 Å². The van der Waals surface area contributed by atoms with Crippen LogP contribution >= 0.6 is 0 Å². The molecule has 5 rings (SSSR count). The Morgan fingerprint density at radius 3 is 2.92 bits per heavy atom. The Hall–Kier alpha value is -2.98. The first kappa shape index (κ1) is 25.7. The van der Waals surface area contributed by atoms with Crippen molar-refractivity contribution in [1.29, 1.82) is 0 Å². The van der Waals surface area contributed by atoms with Gasteiger partial charge in [-0.15, -0.1) is 0 Å². The summed E-state index contributed by atoms with van der Waals surface area (Å²) in [6.07, 6.45) is 4.40. The summed E-state index contributed by atoms with van der Waals surface area (Å²) in [5, 5.41) is 3.56. The lowest BCUT2D eigenvalue weighted by Gasteiger charge is -2.38. The minimum Gasteiger partial charge on any atom is -0.382 e. The molecule has 0 radical (unpaired) electrons. The molecule has 0 spiro atoms. The Morgan fingerprint density at radius 1 is 1.22 bits per heavy atom. The Kier molecular flexibility index (Phi) is 8.05. The molecule has 9 nitrogen and oxygen atoms in total. The van der Waals surface area contributed by atoms with Gasteiger partial charge in [0.05, 0.1) is 44.0 Å². The Balaban J connectivity index is 1.24. The first-order chi connectivity index (χ1) is 18.1. The maximum Gasteiger partial charge on any atom is 0.254 e. The number of amides is 1. The molecule has 37 heavy (non-hydrogen) atoms. The molecule has 2 aromatic carbocycles. The zero-order chi connectivity index (χ0) is 25.8. The molecule has 198 valence electrons. The van der Waals surface area contributed by atoms with Gasteiger partial charge in [-0.05, 0) is 42.2 Å². The molecule has 1 saturated heterocycles. The van der Waals surface area contributed by atoms with Crippen molar-refractivity contribution in [2.75, 3.05) is 45.7 Å². The van der Waals surface area contributed by atoms with E-state index in [4.69, 9.17) is 4.74 Å². The molecule has 3 heterocycles. The molecule has 0 aliphatic carbocycles. The van der Waals surface area contributed by atoms with Gasteiger partial charge in [-0.25, -0.2) is 10.9 Å². The van der Waals surface area contributed by atoms with Gasteiger partial charge >= 0.3 is 0 Å². The highest BCUT2D eigenvalue weighted by molar-refractivity contribution is 5.95. The number of hydrogen-bond acceptors (Lipinski definition) is 8. The summed E-state index contributed by atoms with van der Waals surface area (Å²) in [5.41, 5.74) is 10.9. The van der Waals surface area contributed by atoms with Crippen molar-refractivity contribution in [1.82, 2.24) is 25.6 Å². The number of anilines is 1. The first-order valence-corrected chi connectivity index (χ1v) is 13.3. The molecule has 4 atom stereocenters. The molecule has 3 aliphatic heterocycles. The van der Waals surface area contributed by atoms with Crippen LogP contribution in [0.1, 0.15) is 47.3 Å². The van der Waals surface area contributed by atoms with Crippen molar-refractivity contribution >= 4 is 17.9 Å². The molecule has 9 heteroatoms. The van der Waals surface area contributed by atoms with Crippen LogP contribution in [0.2, 0.25) is 0 Å². The number of nitrogens with zero attached hydrogens (tertiary/aromatic N) is 4. The zero-order valence-corrected chi connectivity index (χ0v) is 22.1. The van der Waals surface area contributed by atoms with Crippen molar-refractivity contribution < 1.29 is 9.53 Å². The molecule has 3 unspecified atom stereocenters. The van der Waals surface area contributed by atoms with E-state index in [2.05, 4.69) is 57.1 Å². The Labute approximate surface area is 219 Å². The number of nitrogens with one attached hydrogen (secondary N) is 3. The number of ether oxygens (including phenoxy) is 1. The van der Waals surface area contributed by atoms with Gasteiger partial charge in [0.25, 0.3) is 5.91 Å². The molecular formula is C28H39N7O2. The second-order valence-electron chi connectivity index (χ2n) is 10.1. The highest BCUT2D eigenvalue weighted by Gasteiger charge is 2.39. The van der Waals surface area contributed by atoms with E-state index in [0.29, 0.717) is 31.4 Å². The number of aliphatic imine (C=N–C) groups is 1. The quantitative estimate of drug-likeness (QED) is 0.509. The minimum atomic E-state index is -0.0923. The van der Waals surface area contributed by atoms with Crippen molar-refractivity contribution in [2.24, 2.45) is 4.99 Å². The third-order valence-corrected chi connectivity index (χ3v) is 7.69. The Bertz CT molecular complexity index is 1110. The van der Waals surface area contributed by atoms with Crippen molar-refractivity contribution in [2.45, 2.75) is 50.8 Å². The van der Waals surface area contributed by atoms with Crippen LogP contribution in [-0.2, 0) is 11.3 Å². The van der Waals surface area contributed by atoms with Crippen LogP contribution in [0.3, 0.4) is 0 Å². The lowest BCUT2D eigenvalue weighted by molar-refractivity contribution is 0.0346. The summed E-state index contributed by atoms with van der Waals surface area (Å²) in [6.45, 7) is 5.89. The van der Waals surface area contributed by atoms with Crippen molar-refractivity contribution in [3.8, 4) is 0 Å². The molecule has 3 N–H and O–H groups in total. The van der Waals surface area contributed by atoms with E-state index in [1.807, 2.05) is 49.8 Å². The van der Waals surface area contributed by atoms with Crippen molar-refractivity contribution in [3.63, 3.8) is 0 Å². The molecule has 0 bridgehead atoms. The molecule has 3 aliphatic rings. The molecule has 1 amide bonds. The van der Waals surface area contributed by atoms with E-state index in [-0.39, 0.29) is 24.3 Å². The predicted molar refractivity (Wildman–Crippen MR) is 146 cm³/mol. The third-order valence-electron chi connectivity index (χ3n) is 7.69. The van der Waals surface area contributed by atoms with E-state index in [1.54, 1.807) is 4.90 Å². The normalized spacial score (nSPS) is 25.6. The minimum absolute atomic E-state index is 0.00992. The van der Waals surface area contributed by atoms with Crippen LogP contribution in [0.5, 0.6) is 0 Å². The van der Waals surface area contributed by atoms with Gasteiger partial charge in [0.1, 0.15) is 0 Å². The van der Waals surface area contributed by atoms with E-state index in [0.717, 1.165) is 37.2 Å². The summed E-state index contributed by atoms with van der Waals surface area (Å²) in [5.74, 6) is -0.00992. The summed E-state index contributed by atoms with van der Waals surface area (Å²) < 4.78 is 5.79. The second-order valence-corrected chi connectivity index (χ2v) is 10.1. The SMILES string of the molecule is CCCN1C(CNc2cccc(C(=O)N(C)[C@H]3COCc4ccccc43)c2)NNC1C1CCN=CN1C. The van der Waals surface area contributed by atoms with Gasteiger partial charge in [-0.2, -0.15) is 0 Å². The van der Waals surface area contributed by atoms with E-state index in [9.17, 15) is 4.79 Å². The van der Waals surface area contributed by atoms with Gasteiger partial charge in [0.15, 0.2) is 0 Å². The van der Waals surface area contributed by atoms with Crippen LogP contribution in [0.4, 0.5) is 5.69 Å². The van der Waals surface area contributed by atoms with Crippen LogP contribution in [-0.4, -0.2) is 85.7 Å². The molecule has 1 fully saturated rings. The molecule has 0 aromatic heterocycles. The fraction of sp³-hybridized carbons (Fsp3) is 0.500. The number of hydrogen-bond donors (Lipinski definition) is 3. The number of fused-ring (bicyclic) bond motifs is 1. The highest BCUT2D eigenvalue weighted by atomic mass is 16.5. The molecular weight excluding hydrogens is 466 g/mol. The monoisotopic (exact) mass is 505 g/mol. The lowest BCUT2D eigenvalue weighted by Crippen LogP contribution is -2.55. The molecule has 2 aromatic rings. The summed E-state index contributed by atoms with van der Waals surface area (Å²) in [4.78, 5) is 24.4. The maximum absolute atomic E-state index is 13.4. The molecule has 0 saturated carbocycles. The van der Waals surface area contributed by atoms with E-state index < -0.39 is 0 Å². The Morgan fingerprint density at radius 2 is 2.08 bits per heavy atom. The van der Waals surface area contributed by atoms with Crippen molar-refractivity contribution in [3.05, 3.63) is 65.2 Å². The maximum atomic E-state index is 13.4. The smallest absolute Gasteiger partial charge is 0.254 e. The highest BCUT2D eigenvalue weighted by Crippen LogP contribution is 2.30. The standard InChI is InChI=1S/C28H39N7O2/c1-4-14-35-26(31-32-27(35)24-12-13-29-19-33(24)2)16-30-22-10-7-9-20(15-22)28(36)34(3)25-18-37-17-21-8-5-6-11-23(21)25/h5-11,15,19,24-27,30-32H,4,12-14,16-18H2,1-3H3/t24?,25-,26?,27?/m0/s1. The number of benzene rings is 2. The van der Waals surface area contributed by atoms with E-state index >= 15 is 0 Å². The van der Waals surface area contributed by atoms with Crippen LogP contribution in [0, 0.1) is 0 Å². The van der Waals surface area contributed by atoms with Gasteiger partial charge in [0, 0.05) is 45.0 Å². The van der Waals surface area contributed by atoms with Crippen LogP contribution in [0.25, 0.3) is 0 Å². The zero-order valence-electron chi connectivity index (χ0n) is 22.1. The number of carbonyl (C=O) groups is 1. The summed E-state index contributed by atoms with van der Waals surface area (Å²) in [7, 11) is 3.96. The van der Waals surface area contributed by atoms with Gasteiger partial charge in [0.2, 0.25) is 0 Å². The van der Waals surface area contributed by atoms with Gasteiger partial charge < -0.3 is 19.9 Å². The number of carbonyl (C=O) groups excluding carboxylic acids is 1. The first-order valence-electron chi connectivity index (χ1n) is 13.3. The largest absolute Gasteiger partial charge is 0.382 e. The summed E-state index contributed by atoms with van der Waals surface area (Å²) in [6, 6.07) is 16.3.